The minimum Gasteiger partial charge on any atom is -0.370 e. The predicted octanol–water partition coefficient (Wildman–Crippen LogP) is 1.93. The van der Waals surface area contributed by atoms with Crippen molar-refractivity contribution in [3.63, 3.8) is 0 Å². The van der Waals surface area contributed by atoms with Crippen LogP contribution in [0.4, 0.5) is 5.95 Å². The quantitative estimate of drug-likeness (QED) is 0.522. The SMILES string of the molecule is CC(C)(C)C1CCc2nc(NC(=N)N)ncc2C1. The van der Waals surface area contributed by atoms with Gasteiger partial charge in [0.1, 0.15) is 0 Å². The van der Waals surface area contributed by atoms with Gasteiger partial charge in [0.05, 0.1) is 0 Å². The van der Waals surface area contributed by atoms with Gasteiger partial charge in [-0.2, -0.15) is 0 Å². The number of rotatable bonds is 1. The van der Waals surface area contributed by atoms with E-state index >= 15 is 0 Å². The van der Waals surface area contributed by atoms with Gasteiger partial charge >= 0.3 is 0 Å². The lowest BCUT2D eigenvalue weighted by Gasteiger charge is -2.34. The van der Waals surface area contributed by atoms with E-state index in [1.54, 1.807) is 0 Å². The van der Waals surface area contributed by atoms with Gasteiger partial charge in [0, 0.05) is 11.9 Å². The van der Waals surface area contributed by atoms with Crippen LogP contribution in [0.1, 0.15) is 38.4 Å². The summed E-state index contributed by atoms with van der Waals surface area (Å²) >= 11 is 0. The van der Waals surface area contributed by atoms with Crippen LogP contribution < -0.4 is 11.1 Å². The van der Waals surface area contributed by atoms with Crippen LogP contribution in [0.25, 0.3) is 0 Å². The zero-order valence-electron chi connectivity index (χ0n) is 11.2. The summed E-state index contributed by atoms with van der Waals surface area (Å²) in [5, 5.41) is 9.81. The molecule has 0 saturated heterocycles. The summed E-state index contributed by atoms with van der Waals surface area (Å²) in [5.74, 6) is 0.981. The van der Waals surface area contributed by atoms with Gasteiger partial charge in [0.15, 0.2) is 5.96 Å². The zero-order valence-corrected chi connectivity index (χ0v) is 11.2. The summed E-state index contributed by atoms with van der Waals surface area (Å²) in [4.78, 5) is 8.63. The highest BCUT2D eigenvalue weighted by Gasteiger charge is 2.29. The van der Waals surface area contributed by atoms with Gasteiger partial charge in [-0.05, 0) is 36.2 Å². The van der Waals surface area contributed by atoms with E-state index in [-0.39, 0.29) is 5.96 Å². The van der Waals surface area contributed by atoms with Crippen molar-refractivity contribution in [3.8, 4) is 0 Å². The van der Waals surface area contributed by atoms with Crippen molar-refractivity contribution in [2.45, 2.75) is 40.0 Å². The maximum Gasteiger partial charge on any atom is 0.229 e. The summed E-state index contributed by atoms with van der Waals surface area (Å²) in [6.07, 6.45) is 5.05. The molecule has 0 saturated carbocycles. The highest BCUT2D eigenvalue weighted by Crippen LogP contribution is 2.36. The van der Waals surface area contributed by atoms with Gasteiger partial charge < -0.3 is 5.73 Å². The summed E-state index contributed by atoms with van der Waals surface area (Å²) < 4.78 is 0. The van der Waals surface area contributed by atoms with Crippen LogP contribution >= 0.6 is 0 Å². The normalized spacial score (nSPS) is 19.2. The van der Waals surface area contributed by atoms with Crippen molar-refractivity contribution in [2.24, 2.45) is 17.1 Å². The Bertz CT molecular complexity index is 461. The lowest BCUT2D eigenvalue weighted by Crippen LogP contribution is -2.28. The van der Waals surface area contributed by atoms with Crippen molar-refractivity contribution in [1.82, 2.24) is 9.97 Å². The molecule has 18 heavy (non-hydrogen) atoms. The molecule has 0 fully saturated rings. The van der Waals surface area contributed by atoms with Crippen LogP contribution in [0, 0.1) is 16.7 Å². The third kappa shape index (κ3) is 2.78. The monoisotopic (exact) mass is 247 g/mol. The fourth-order valence-electron chi connectivity index (χ4n) is 2.43. The minimum absolute atomic E-state index is 0.127. The standard InChI is InChI=1S/C13H21N5/c1-13(2,3)9-4-5-10-8(6-9)7-16-12(17-10)18-11(14)15/h7,9H,4-6H2,1-3H3,(H4,14,15,16,17,18). The predicted molar refractivity (Wildman–Crippen MR) is 72.5 cm³/mol. The number of aromatic nitrogens is 2. The molecule has 1 heterocycles. The highest BCUT2D eigenvalue weighted by atomic mass is 15.2. The molecule has 1 aliphatic carbocycles. The molecule has 1 atom stereocenters. The van der Waals surface area contributed by atoms with Gasteiger partial charge in [-0.1, -0.05) is 20.8 Å². The molecule has 0 radical (unpaired) electrons. The molecular formula is C13H21N5. The van der Waals surface area contributed by atoms with E-state index in [1.165, 1.54) is 5.56 Å². The molecule has 1 aromatic rings. The molecule has 0 spiro atoms. The van der Waals surface area contributed by atoms with Crippen molar-refractivity contribution in [2.75, 3.05) is 5.32 Å². The number of nitrogens with two attached hydrogens (primary N) is 1. The maximum atomic E-state index is 7.17. The van der Waals surface area contributed by atoms with Gasteiger partial charge in [-0.3, -0.25) is 10.7 Å². The molecule has 1 aliphatic rings. The molecule has 1 unspecified atom stereocenters. The van der Waals surface area contributed by atoms with Crippen molar-refractivity contribution >= 4 is 11.9 Å². The molecular weight excluding hydrogens is 226 g/mol. The second-order valence-corrected chi connectivity index (χ2v) is 6.01. The number of fused-ring (bicyclic) bond motifs is 1. The van der Waals surface area contributed by atoms with E-state index in [4.69, 9.17) is 11.1 Å². The van der Waals surface area contributed by atoms with Crippen molar-refractivity contribution < 1.29 is 0 Å². The average Bonchev–Trinajstić information content (AvgIpc) is 2.26. The minimum atomic E-state index is -0.127. The fraction of sp³-hybridized carbons (Fsp3) is 0.615. The Hall–Kier alpha value is -1.65. The van der Waals surface area contributed by atoms with Crippen LogP contribution in [0.5, 0.6) is 0 Å². The number of nitrogens with one attached hydrogen (secondary N) is 2. The van der Waals surface area contributed by atoms with E-state index in [0.717, 1.165) is 25.0 Å². The molecule has 5 nitrogen and oxygen atoms in total. The summed E-state index contributed by atoms with van der Waals surface area (Å²) in [5.41, 5.74) is 7.92. The summed E-state index contributed by atoms with van der Waals surface area (Å²) in [6.45, 7) is 6.86. The number of guanidine groups is 1. The lowest BCUT2D eigenvalue weighted by atomic mass is 9.72. The van der Waals surface area contributed by atoms with E-state index in [0.29, 0.717) is 17.3 Å². The largest absolute Gasteiger partial charge is 0.370 e. The number of anilines is 1. The zero-order chi connectivity index (χ0) is 13.3. The van der Waals surface area contributed by atoms with E-state index in [9.17, 15) is 0 Å². The Morgan fingerprint density at radius 2 is 2.22 bits per heavy atom. The first-order valence-corrected chi connectivity index (χ1v) is 6.32. The number of aryl methyl sites for hydroxylation is 1. The second-order valence-electron chi connectivity index (χ2n) is 6.01. The first-order chi connectivity index (χ1) is 8.36. The third-order valence-corrected chi connectivity index (χ3v) is 3.62. The van der Waals surface area contributed by atoms with Crippen LogP contribution in [-0.2, 0) is 12.8 Å². The molecule has 98 valence electrons. The smallest absolute Gasteiger partial charge is 0.229 e. The van der Waals surface area contributed by atoms with Crippen LogP contribution in [0.2, 0.25) is 0 Å². The molecule has 4 N–H and O–H groups in total. The first-order valence-electron chi connectivity index (χ1n) is 6.32. The molecule has 5 heteroatoms. The second kappa shape index (κ2) is 4.55. The lowest BCUT2D eigenvalue weighted by molar-refractivity contribution is 0.214. The van der Waals surface area contributed by atoms with Gasteiger partial charge in [-0.15, -0.1) is 0 Å². The number of hydrogen-bond donors (Lipinski definition) is 3. The van der Waals surface area contributed by atoms with E-state index in [2.05, 4.69) is 36.1 Å². The summed E-state index contributed by atoms with van der Waals surface area (Å²) in [6, 6.07) is 0. The Kier molecular flexibility index (Phi) is 3.24. The molecule has 0 aromatic carbocycles. The Labute approximate surface area is 108 Å². The van der Waals surface area contributed by atoms with Crippen molar-refractivity contribution in [3.05, 3.63) is 17.5 Å². The van der Waals surface area contributed by atoms with Gasteiger partial charge in [0.2, 0.25) is 5.95 Å². The highest BCUT2D eigenvalue weighted by molar-refractivity contribution is 5.87. The third-order valence-electron chi connectivity index (χ3n) is 3.62. The topological polar surface area (TPSA) is 87.7 Å². The first kappa shape index (κ1) is 12.8. The van der Waals surface area contributed by atoms with Crippen LogP contribution in [0.3, 0.4) is 0 Å². The van der Waals surface area contributed by atoms with Crippen molar-refractivity contribution in [1.29, 1.82) is 5.41 Å². The van der Waals surface area contributed by atoms with E-state index in [1.807, 2.05) is 6.20 Å². The molecule has 0 amide bonds. The Morgan fingerprint density at radius 1 is 1.50 bits per heavy atom. The van der Waals surface area contributed by atoms with E-state index < -0.39 is 0 Å². The Balaban J connectivity index is 2.18. The summed E-state index contributed by atoms with van der Waals surface area (Å²) in [7, 11) is 0. The molecule has 0 bridgehead atoms. The Morgan fingerprint density at radius 3 is 2.83 bits per heavy atom. The average molecular weight is 247 g/mol. The maximum absolute atomic E-state index is 7.17. The van der Waals surface area contributed by atoms with Crippen LogP contribution in [0.15, 0.2) is 6.20 Å². The molecule has 1 aromatic heterocycles. The van der Waals surface area contributed by atoms with Gasteiger partial charge in [0.25, 0.3) is 0 Å². The number of hydrogen-bond acceptors (Lipinski definition) is 3. The molecule has 2 rings (SSSR count). The molecule has 0 aliphatic heterocycles. The van der Waals surface area contributed by atoms with Gasteiger partial charge in [-0.25, -0.2) is 9.97 Å². The number of nitrogens with zero attached hydrogens (tertiary/aromatic N) is 2. The van der Waals surface area contributed by atoms with Crippen LogP contribution in [-0.4, -0.2) is 15.9 Å². The fourth-order valence-corrected chi connectivity index (χ4v) is 2.43.